The molecule has 0 bridgehead atoms. The van der Waals surface area contributed by atoms with Crippen LogP contribution in [0, 0.1) is 6.92 Å². The molecule has 2 heterocycles. The van der Waals surface area contributed by atoms with Gasteiger partial charge in [0.25, 0.3) is 0 Å². The molecule has 5 nitrogen and oxygen atoms in total. The number of aromatic nitrogens is 1. The van der Waals surface area contributed by atoms with Gasteiger partial charge in [-0.2, -0.15) is 0 Å². The minimum Gasteiger partial charge on any atom is -0.493 e. The Morgan fingerprint density at radius 3 is 2.56 bits per heavy atom. The number of nitrogens with zero attached hydrogens (tertiary/aromatic N) is 1. The van der Waals surface area contributed by atoms with E-state index in [1.54, 1.807) is 25.6 Å². The third-order valence-corrected chi connectivity index (χ3v) is 7.92. The number of benzene rings is 1. The highest BCUT2D eigenvalue weighted by Gasteiger charge is 2.40. The smallest absolute Gasteiger partial charge is 0.313 e. The van der Waals surface area contributed by atoms with Crippen molar-refractivity contribution < 1.29 is 19.4 Å². The zero-order chi connectivity index (χ0) is 23.0. The standard InChI is InChI=1S/C26H31NO4S/c1-6-13-26(3,25(28)29)23-15(2)27-24-22(17-9-7-8-10-20(17)32-24)21(23)16-11-12-18(30-4)19(14-16)31-5/h11-12,14H,6-10,13H2,1-5H3,(H,28,29). The fourth-order valence-electron chi connectivity index (χ4n) is 5.20. The normalized spacial score (nSPS) is 15.3. The maximum atomic E-state index is 12.7. The van der Waals surface area contributed by atoms with Crippen molar-refractivity contribution in [3.05, 3.63) is 39.9 Å². The number of aliphatic carboxylic acids is 1. The van der Waals surface area contributed by atoms with Crippen LogP contribution in [-0.4, -0.2) is 30.3 Å². The van der Waals surface area contributed by atoms with Gasteiger partial charge >= 0.3 is 5.97 Å². The van der Waals surface area contributed by atoms with Gasteiger partial charge in [-0.15, -0.1) is 11.3 Å². The molecule has 0 saturated carbocycles. The second kappa shape index (κ2) is 8.74. The van der Waals surface area contributed by atoms with E-state index in [0.717, 1.165) is 58.3 Å². The number of carboxylic acid groups (broad SMARTS) is 1. The third-order valence-electron chi connectivity index (χ3n) is 6.73. The molecular formula is C26H31NO4S. The lowest BCUT2D eigenvalue weighted by atomic mass is 9.73. The molecule has 1 aliphatic carbocycles. The van der Waals surface area contributed by atoms with Crippen LogP contribution in [0.4, 0.5) is 0 Å². The maximum Gasteiger partial charge on any atom is 0.313 e. The Morgan fingerprint density at radius 1 is 1.19 bits per heavy atom. The molecular weight excluding hydrogens is 422 g/mol. The predicted molar refractivity (Wildman–Crippen MR) is 129 cm³/mol. The van der Waals surface area contributed by atoms with Gasteiger partial charge in [0.1, 0.15) is 4.83 Å². The van der Waals surface area contributed by atoms with Crippen LogP contribution in [0.15, 0.2) is 18.2 Å². The van der Waals surface area contributed by atoms with Crippen LogP contribution in [0.2, 0.25) is 0 Å². The molecule has 0 fully saturated rings. The molecule has 2 aromatic heterocycles. The molecule has 1 atom stereocenters. The number of fused-ring (bicyclic) bond motifs is 3. The van der Waals surface area contributed by atoms with Gasteiger partial charge in [0.15, 0.2) is 11.5 Å². The fraction of sp³-hybridized carbons (Fsp3) is 0.462. The van der Waals surface area contributed by atoms with Crippen LogP contribution in [0.1, 0.15) is 61.2 Å². The van der Waals surface area contributed by atoms with Crippen molar-refractivity contribution in [1.29, 1.82) is 0 Å². The van der Waals surface area contributed by atoms with Gasteiger partial charge in [0, 0.05) is 16.0 Å². The van der Waals surface area contributed by atoms with Crippen molar-refractivity contribution in [2.45, 2.75) is 64.7 Å². The Hall–Kier alpha value is -2.60. The number of carbonyl (C=O) groups is 1. The first-order chi connectivity index (χ1) is 15.3. The van der Waals surface area contributed by atoms with E-state index in [1.807, 2.05) is 39.0 Å². The van der Waals surface area contributed by atoms with Gasteiger partial charge in [-0.25, -0.2) is 4.98 Å². The number of ether oxygens (including phenoxy) is 2. The molecule has 1 N–H and O–H groups in total. The van der Waals surface area contributed by atoms with Crippen LogP contribution in [0.25, 0.3) is 21.3 Å². The predicted octanol–water partition coefficient (Wildman–Crippen LogP) is 6.31. The van der Waals surface area contributed by atoms with E-state index in [1.165, 1.54) is 16.9 Å². The van der Waals surface area contributed by atoms with Gasteiger partial charge in [-0.1, -0.05) is 19.4 Å². The van der Waals surface area contributed by atoms with Crippen molar-refractivity contribution in [1.82, 2.24) is 4.98 Å². The molecule has 32 heavy (non-hydrogen) atoms. The van der Waals surface area contributed by atoms with Crippen LogP contribution in [0.3, 0.4) is 0 Å². The number of hydrogen-bond donors (Lipinski definition) is 1. The van der Waals surface area contributed by atoms with Gasteiger partial charge in [0.05, 0.1) is 19.6 Å². The van der Waals surface area contributed by atoms with E-state index >= 15 is 0 Å². The number of rotatable bonds is 7. The number of thiophene rings is 1. The Labute approximate surface area is 193 Å². The largest absolute Gasteiger partial charge is 0.493 e. The molecule has 1 aromatic carbocycles. The molecule has 3 aromatic rings. The van der Waals surface area contributed by atoms with Crippen LogP contribution in [-0.2, 0) is 23.1 Å². The Morgan fingerprint density at radius 2 is 1.91 bits per heavy atom. The summed E-state index contributed by atoms with van der Waals surface area (Å²) in [4.78, 5) is 20.0. The molecule has 1 aliphatic rings. The van der Waals surface area contributed by atoms with Crippen molar-refractivity contribution in [3.8, 4) is 22.6 Å². The van der Waals surface area contributed by atoms with Gasteiger partial charge in [-0.3, -0.25) is 4.79 Å². The summed E-state index contributed by atoms with van der Waals surface area (Å²) in [5.74, 6) is 0.478. The van der Waals surface area contributed by atoms with Crippen molar-refractivity contribution in [3.63, 3.8) is 0 Å². The lowest BCUT2D eigenvalue weighted by Crippen LogP contribution is -2.34. The van der Waals surface area contributed by atoms with Crippen molar-refractivity contribution in [2.24, 2.45) is 0 Å². The van der Waals surface area contributed by atoms with Crippen molar-refractivity contribution >= 4 is 27.5 Å². The molecule has 1 unspecified atom stereocenters. The van der Waals surface area contributed by atoms with Gasteiger partial charge in [-0.05, 0) is 80.3 Å². The van der Waals surface area contributed by atoms with Crippen molar-refractivity contribution in [2.75, 3.05) is 14.2 Å². The average molecular weight is 454 g/mol. The molecule has 0 radical (unpaired) electrons. The van der Waals surface area contributed by atoms with E-state index in [2.05, 4.69) is 0 Å². The zero-order valence-corrected chi connectivity index (χ0v) is 20.3. The van der Waals surface area contributed by atoms with Gasteiger partial charge < -0.3 is 14.6 Å². The lowest BCUT2D eigenvalue weighted by Gasteiger charge is -2.30. The highest BCUT2D eigenvalue weighted by Crippen LogP contribution is 2.48. The fourth-order valence-corrected chi connectivity index (χ4v) is 6.51. The summed E-state index contributed by atoms with van der Waals surface area (Å²) < 4.78 is 11.1. The maximum absolute atomic E-state index is 12.7. The van der Waals surface area contributed by atoms with E-state index in [-0.39, 0.29) is 0 Å². The Bertz CT molecular complexity index is 1180. The highest BCUT2D eigenvalue weighted by molar-refractivity contribution is 7.19. The zero-order valence-electron chi connectivity index (χ0n) is 19.5. The van der Waals surface area contributed by atoms with Crippen LogP contribution >= 0.6 is 11.3 Å². The van der Waals surface area contributed by atoms with E-state index in [0.29, 0.717) is 17.9 Å². The lowest BCUT2D eigenvalue weighted by molar-refractivity contribution is -0.143. The average Bonchev–Trinajstić information content (AvgIpc) is 3.15. The molecule has 170 valence electrons. The summed E-state index contributed by atoms with van der Waals surface area (Å²) in [7, 11) is 3.25. The molecule has 0 amide bonds. The summed E-state index contributed by atoms with van der Waals surface area (Å²) in [5, 5.41) is 11.5. The minimum absolute atomic E-state index is 0.545. The van der Waals surface area contributed by atoms with Crippen LogP contribution < -0.4 is 9.47 Å². The summed E-state index contributed by atoms with van der Waals surface area (Å²) in [6, 6.07) is 5.88. The SMILES string of the molecule is CCCC(C)(C(=O)O)c1c(C)nc2sc3c(c2c1-c1ccc(OC)c(OC)c1)CCCC3. The molecule has 0 saturated heterocycles. The monoisotopic (exact) mass is 453 g/mol. The molecule has 6 heteroatoms. The van der Waals surface area contributed by atoms with E-state index < -0.39 is 11.4 Å². The van der Waals surface area contributed by atoms with Gasteiger partial charge in [0.2, 0.25) is 0 Å². The first kappa shape index (κ1) is 22.6. The number of aryl methyl sites for hydroxylation is 3. The number of carboxylic acids is 1. The quantitative estimate of drug-likeness (QED) is 0.454. The minimum atomic E-state index is -1.04. The summed E-state index contributed by atoms with van der Waals surface area (Å²) in [6.07, 6.45) is 5.74. The Kier molecular flexibility index (Phi) is 6.17. The Balaban J connectivity index is 2.15. The summed E-state index contributed by atoms with van der Waals surface area (Å²) >= 11 is 1.77. The number of methoxy groups -OCH3 is 2. The van der Waals surface area contributed by atoms with E-state index in [9.17, 15) is 9.90 Å². The summed E-state index contributed by atoms with van der Waals surface area (Å²) in [6.45, 7) is 5.83. The first-order valence-corrected chi connectivity index (χ1v) is 12.1. The number of pyridine rings is 1. The van der Waals surface area contributed by atoms with Crippen LogP contribution in [0.5, 0.6) is 11.5 Å². The molecule has 4 rings (SSSR count). The topological polar surface area (TPSA) is 68.7 Å². The second-order valence-electron chi connectivity index (χ2n) is 8.80. The third kappa shape index (κ3) is 3.54. The number of hydrogen-bond acceptors (Lipinski definition) is 5. The second-order valence-corrected chi connectivity index (χ2v) is 9.88. The molecule has 0 spiro atoms. The first-order valence-electron chi connectivity index (χ1n) is 11.3. The van der Waals surface area contributed by atoms with E-state index in [4.69, 9.17) is 14.5 Å². The molecule has 0 aliphatic heterocycles. The highest BCUT2D eigenvalue weighted by atomic mass is 32.1. The summed E-state index contributed by atoms with van der Waals surface area (Å²) in [5.41, 5.74) is 3.86.